The van der Waals surface area contributed by atoms with Crippen LogP contribution in [0.4, 0.5) is 0 Å². The minimum absolute atomic E-state index is 0. The van der Waals surface area contributed by atoms with Gasteiger partial charge >= 0.3 is 0 Å². The van der Waals surface area contributed by atoms with Crippen LogP contribution in [0.2, 0.25) is 0 Å². The third-order valence-electron chi connectivity index (χ3n) is 3.45. The van der Waals surface area contributed by atoms with Crippen LogP contribution in [0.5, 0.6) is 5.75 Å². The number of aryl methyl sites for hydroxylation is 1. The van der Waals surface area contributed by atoms with Crippen molar-refractivity contribution in [3.63, 3.8) is 0 Å². The van der Waals surface area contributed by atoms with Crippen molar-refractivity contribution in [2.45, 2.75) is 38.2 Å². The fraction of sp³-hybridized carbons (Fsp3) is 0.600. The van der Waals surface area contributed by atoms with E-state index in [1.807, 2.05) is 20.8 Å². The lowest BCUT2D eigenvalue weighted by Gasteiger charge is -2.20. The van der Waals surface area contributed by atoms with Gasteiger partial charge in [-0.15, -0.1) is 12.4 Å². The number of sulfonamides is 1. The van der Waals surface area contributed by atoms with Gasteiger partial charge < -0.3 is 10.1 Å². The number of hydrogen-bond acceptors (Lipinski definition) is 4. The molecule has 1 aromatic rings. The summed E-state index contributed by atoms with van der Waals surface area (Å²) in [6.45, 7) is 8.44. The Kier molecular flexibility index (Phi) is 7.12. The highest BCUT2D eigenvalue weighted by molar-refractivity contribution is 7.89. The lowest BCUT2D eigenvalue weighted by atomic mass is 10.2. The summed E-state index contributed by atoms with van der Waals surface area (Å²) < 4.78 is 32.6. The highest BCUT2D eigenvalue weighted by atomic mass is 35.5. The van der Waals surface area contributed by atoms with E-state index in [2.05, 4.69) is 5.32 Å². The molecule has 0 unspecified atom stereocenters. The van der Waals surface area contributed by atoms with E-state index in [0.29, 0.717) is 24.5 Å². The third kappa shape index (κ3) is 4.59. The smallest absolute Gasteiger partial charge is 0.243 e. The van der Waals surface area contributed by atoms with Crippen molar-refractivity contribution in [2.24, 2.45) is 0 Å². The Balaban J connectivity index is 0.00000242. The van der Waals surface area contributed by atoms with Gasteiger partial charge in [0.2, 0.25) is 10.0 Å². The van der Waals surface area contributed by atoms with E-state index in [4.69, 9.17) is 4.74 Å². The summed E-state index contributed by atoms with van der Waals surface area (Å²) in [7, 11) is -3.42. The lowest BCUT2D eigenvalue weighted by Crippen LogP contribution is -2.34. The number of nitrogens with one attached hydrogen (secondary N) is 1. The monoisotopic (exact) mass is 348 g/mol. The zero-order valence-corrected chi connectivity index (χ0v) is 15.0. The standard InChI is InChI=1S/C15H24N2O3S.ClH/c1-12(2)20-15-6-5-14(11-13(15)3)21(18,19)17-9-4-7-16-8-10-17;/h5-6,11-12,16H,4,7-10H2,1-3H3;1H. The van der Waals surface area contributed by atoms with Crippen LogP contribution in [0, 0.1) is 6.92 Å². The lowest BCUT2D eigenvalue weighted by molar-refractivity contribution is 0.240. The minimum Gasteiger partial charge on any atom is -0.491 e. The van der Waals surface area contributed by atoms with E-state index < -0.39 is 10.0 Å². The molecule has 1 heterocycles. The molecule has 7 heteroatoms. The van der Waals surface area contributed by atoms with Crippen LogP contribution in [-0.2, 0) is 10.0 Å². The van der Waals surface area contributed by atoms with Gasteiger partial charge in [0.15, 0.2) is 0 Å². The maximum absolute atomic E-state index is 12.7. The van der Waals surface area contributed by atoms with Gasteiger partial charge in [-0.25, -0.2) is 8.42 Å². The Morgan fingerprint density at radius 3 is 2.59 bits per heavy atom. The molecule has 0 aromatic heterocycles. The van der Waals surface area contributed by atoms with Crippen LogP contribution in [0.3, 0.4) is 0 Å². The number of benzene rings is 1. The molecule has 1 aliphatic heterocycles. The van der Waals surface area contributed by atoms with E-state index in [1.165, 1.54) is 0 Å². The van der Waals surface area contributed by atoms with Gasteiger partial charge in [-0.1, -0.05) is 0 Å². The van der Waals surface area contributed by atoms with Crippen LogP contribution in [0.1, 0.15) is 25.8 Å². The first kappa shape index (κ1) is 19.2. The molecule has 126 valence electrons. The molecular weight excluding hydrogens is 324 g/mol. The van der Waals surface area contributed by atoms with Crippen LogP contribution in [0.15, 0.2) is 23.1 Å². The molecular formula is C15H25ClN2O3S. The molecule has 0 bridgehead atoms. The van der Waals surface area contributed by atoms with Gasteiger partial charge in [0, 0.05) is 19.6 Å². The van der Waals surface area contributed by atoms with Crippen LogP contribution >= 0.6 is 12.4 Å². The minimum atomic E-state index is -3.42. The van der Waals surface area contributed by atoms with E-state index in [1.54, 1.807) is 22.5 Å². The number of rotatable bonds is 4. The van der Waals surface area contributed by atoms with Gasteiger partial charge in [0.05, 0.1) is 11.0 Å². The summed E-state index contributed by atoms with van der Waals surface area (Å²) in [5.74, 6) is 0.737. The van der Waals surface area contributed by atoms with Crippen molar-refractivity contribution < 1.29 is 13.2 Å². The van der Waals surface area contributed by atoms with E-state index in [-0.39, 0.29) is 18.5 Å². The Hall–Kier alpha value is -0.820. The SMILES string of the molecule is Cc1cc(S(=O)(=O)N2CCCNCC2)ccc1OC(C)C.Cl. The fourth-order valence-corrected chi connectivity index (χ4v) is 3.94. The second-order valence-electron chi connectivity index (χ2n) is 5.60. The third-order valence-corrected chi connectivity index (χ3v) is 5.34. The van der Waals surface area contributed by atoms with Crippen molar-refractivity contribution in [2.75, 3.05) is 26.2 Å². The van der Waals surface area contributed by atoms with Crippen LogP contribution in [-0.4, -0.2) is 45.0 Å². The Morgan fingerprint density at radius 1 is 1.23 bits per heavy atom. The summed E-state index contributed by atoms with van der Waals surface area (Å²) in [6, 6.07) is 5.09. The first-order chi connectivity index (χ1) is 9.91. The van der Waals surface area contributed by atoms with Crippen molar-refractivity contribution >= 4 is 22.4 Å². The Bertz CT molecular complexity index is 582. The molecule has 0 atom stereocenters. The predicted octanol–water partition coefficient (Wildman–Crippen LogP) is 2.19. The van der Waals surface area contributed by atoms with Gasteiger partial charge in [-0.3, -0.25) is 0 Å². The maximum atomic E-state index is 12.7. The van der Waals surface area contributed by atoms with Crippen molar-refractivity contribution in [1.82, 2.24) is 9.62 Å². The quantitative estimate of drug-likeness (QED) is 0.906. The molecule has 0 spiro atoms. The molecule has 1 fully saturated rings. The summed E-state index contributed by atoms with van der Waals surface area (Å²) in [5.41, 5.74) is 0.845. The summed E-state index contributed by atoms with van der Waals surface area (Å²) in [6.07, 6.45) is 0.912. The Labute approximate surface area is 139 Å². The highest BCUT2D eigenvalue weighted by Gasteiger charge is 2.25. The molecule has 0 aliphatic carbocycles. The first-order valence-electron chi connectivity index (χ1n) is 7.39. The molecule has 1 aliphatic rings. The molecule has 1 saturated heterocycles. The van der Waals surface area contributed by atoms with Gasteiger partial charge in [-0.2, -0.15) is 4.31 Å². The number of halogens is 1. The van der Waals surface area contributed by atoms with Gasteiger partial charge in [-0.05, 0) is 57.5 Å². The summed E-state index contributed by atoms with van der Waals surface area (Å²) in [5, 5.41) is 3.22. The summed E-state index contributed by atoms with van der Waals surface area (Å²) in [4.78, 5) is 0.345. The molecule has 1 N–H and O–H groups in total. The first-order valence-corrected chi connectivity index (χ1v) is 8.83. The molecule has 22 heavy (non-hydrogen) atoms. The van der Waals surface area contributed by atoms with Crippen LogP contribution in [0.25, 0.3) is 0 Å². The van der Waals surface area contributed by atoms with Gasteiger partial charge in [0.25, 0.3) is 0 Å². The van der Waals surface area contributed by atoms with Crippen LogP contribution < -0.4 is 10.1 Å². The number of nitrogens with zero attached hydrogens (tertiary/aromatic N) is 1. The van der Waals surface area contributed by atoms with E-state index in [0.717, 1.165) is 24.3 Å². The Morgan fingerprint density at radius 2 is 1.95 bits per heavy atom. The molecule has 2 rings (SSSR count). The predicted molar refractivity (Wildman–Crippen MR) is 90.4 cm³/mol. The largest absolute Gasteiger partial charge is 0.491 e. The topological polar surface area (TPSA) is 58.6 Å². The van der Waals surface area contributed by atoms with E-state index >= 15 is 0 Å². The molecule has 5 nitrogen and oxygen atoms in total. The average molecular weight is 349 g/mol. The maximum Gasteiger partial charge on any atom is 0.243 e. The van der Waals surface area contributed by atoms with Crippen molar-refractivity contribution in [1.29, 1.82) is 0 Å². The normalized spacial score (nSPS) is 16.9. The summed E-state index contributed by atoms with van der Waals surface area (Å²) >= 11 is 0. The zero-order valence-electron chi connectivity index (χ0n) is 13.3. The van der Waals surface area contributed by atoms with Crippen molar-refractivity contribution in [3.8, 4) is 5.75 Å². The highest BCUT2D eigenvalue weighted by Crippen LogP contribution is 2.25. The second-order valence-corrected chi connectivity index (χ2v) is 7.54. The van der Waals surface area contributed by atoms with Gasteiger partial charge in [0.1, 0.15) is 5.75 Å². The zero-order chi connectivity index (χ0) is 15.5. The number of hydrogen-bond donors (Lipinski definition) is 1. The van der Waals surface area contributed by atoms with E-state index in [9.17, 15) is 8.42 Å². The molecule has 0 radical (unpaired) electrons. The fourth-order valence-electron chi connectivity index (χ4n) is 2.38. The second kappa shape index (κ2) is 8.15. The van der Waals surface area contributed by atoms with Crippen molar-refractivity contribution in [3.05, 3.63) is 23.8 Å². The molecule has 0 amide bonds. The molecule has 0 saturated carbocycles. The number of ether oxygens (including phenoxy) is 1. The molecule has 1 aromatic carbocycles. The average Bonchev–Trinajstić information content (AvgIpc) is 2.69.